The van der Waals surface area contributed by atoms with E-state index < -0.39 is 0 Å². The molecule has 5 heteroatoms. The van der Waals surface area contributed by atoms with E-state index >= 15 is 0 Å². The molecule has 1 fully saturated rings. The van der Waals surface area contributed by atoms with Gasteiger partial charge in [-0.25, -0.2) is 14.4 Å². The summed E-state index contributed by atoms with van der Waals surface area (Å²) in [6, 6.07) is 4.86. The lowest BCUT2D eigenvalue weighted by Crippen LogP contribution is -2.02. The number of nitrogen functional groups attached to an aromatic ring is 1. The second-order valence-electron chi connectivity index (χ2n) is 4.87. The Morgan fingerprint density at radius 1 is 1.32 bits per heavy atom. The van der Waals surface area contributed by atoms with Gasteiger partial charge in [0, 0.05) is 11.5 Å². The molecule has 0 saturated heterocycles. The summed E-state index contributed by atoms with van der Waals surface area (Å²) in [5.74, 6) is 1.25. The van der Waals surface area contributed by atoms with E-state index in [1.165, 1.54) is 6.07 Å². The lowest BCUT2D eigenvalue weighted by molar-refractivity contribution is 0.618. The Hall–Kier alpha value is -1.49. The number of benzene rings is 1. The highest BCUT2D eigenvalue weighted by molar-refractivity contribution is 9.10. The highest BCUT2D eigenvalue weighted by Crippen LogP contribution is 2.43. The Morgan fingerprint density at radius 2 is 2.05 bits per heavy atom. The smallest absolute Gasteiger partial charge is 0.161 e. The largest absolute Gasteiger partial charge is 0.383 e. The van der Waals surface area contributed by atoms with Crippen molar-refractivity contribution in [3.8, 4) is 11.4 Å². The predicted molar refractivity (Wildman–Crippen MR) is 76.3 cm³/mol. The molecule has 1 aromatic heterocycles. The molecule has 1 aliphatic rings. The van der Waals surface area contributed by atoms with Crippen LogP contribution in [0.5, 0.6) is 0 Å². The summed E-state index contributed by atoms with van der Waals surface area (Å²) < 4.78 is 14.1. The van der Waals surface area contributed by atoms with Crippen LogP contribution < -0.4 is 5.73 Å². The first-order valence-corrected chi connectivity index (χ1v) is 6.95. The molecular weight excluding hydrogens is 309 g/mol. The van der Waals surface area contributed by atoms with Gasteiger partial charge in [0.25, 0.3) is 0 Å². The lowest BCUT2D eigenvalue weighted by Gasteiger charge is -2.09. The van der Waals surface area contributed by atoms with Crippen molar-refractivity contribution < 1.29 is 4.39 Å². The monoisotopic (exact) mass is 321 g/mol. The highest BCUT2D eigenvalue weighted by atomic mass is 79.9. The first-order chi connectivity index (χ1) is 9.06. The van der Waals surface area contributed by atoms with E-state index in [-0.39, 0.29) is 5.82 Å². The molecule has 2 aromatic rings. The van der Waals surface area contributed by atoms with E-state index in [9.17, 15) is 4.39 Å². The van der Waals surface area contributed by atoms with Crippen LogP contribution in [-0.4, -0.2) is 9.97 Å². The number of anilines is 1. The maximum Gasteiger partial charge on any atom is 0.161 e. The molecule has 0 bridgehead atoms. The number of aromatic nitrogens is 2. The van der Waals surface area contributed by atoms with Gasteiger partial charge in [-0.15, -0.1) is 0 Å². The summed E-state index contributed by atoms with van der Waals surface area (Å²) in [4.78, 5) is 8.86. The Bertz CT molecular complexity index is 653. The minimum absolute atomic E-state index is 0.226. The van der Waals surface area contributed by atoms with Crippen LogP contribution in [0, 0.1) is 12.7 Å². The van der Waals surface area contributed by atoms with Crippen LogP contribution in [-0.2, 0) is 0 Å². The predicted octanol–water partition coefficient (Wildman–Crippen LogP) is 3.81. The molecule has 1 aromatic carbocycles. The molecule has 0 aliphatic heterocycles. The normalized spacial score (nSPS) is 14.7. The summed E-state index contributed by atoms with van der Waals surface area (Å²) in [5, 5.41) is 0. The zero-order valence-electron chi connectivity index (χ0n) is 10.5. The number of nitrogens with zero attached hydrogens (tertiary/aromatic N) is 2. The number of hydrogen-bond donors (Lipinski definition) is 1. The van der Waals surface area contributed by atoms with Crippen molar-refractivity contribution >= 4 is 21.7 Å². The van der Waals surface area contributed by atoms with Crippen LogP contribution in [0.2, 0.25) is 0 Å². The lowest BCUT2D eigenvalue weighted by atomic mass is 10.1. The van der Waals surface area contributed by atoms with Crippen LogP contribution in [0.4, 0.5) is 10.2 Å². The molecule has 3 nitrogen and oxygen atoms in total. The molecule has 1 heterocycles. The molecular formula is C14H13BrFN3. The zero-order chi connectivity index (χ0) is 13.6. The second-order valence-corrected chi connectivity index (χ2v) is 5.66. The molecule has 0 atom stereocenters. The third kappa shape index (κ3) is 2.34. The Morgan fingerprint density at radius 3 is 2.68 bits per heavy atom. The van der Waals surface area contributed by atoms with E-state index in [2.05, 4.69) is 25.9 Å². The number of nitrogens with two attached hydrogens (primary N) is 1. The number of hydrogen-bond acceptors (Lipinski definition) is 3. The van der Waals surface area contributed by atoms with Crippen molar-refractivity contribution in [1.29, 1.82) is 0 Å². The van der Waals surface area contributed by atoms with Crippen molar-refractivity contribution in [2.24, 2.45) is 0 Å². The van der Waals surface area contributed by atoms with Gasteiger partial charge in [-0.05, 0) is 59.5 Å². The SMILES string of the molecule is Cc1cc(-c2nc(N)c(Br)c(C3CC3)n2)ccc1F. The van der Waals surface area contributed by atoms with Gasteiger partial charge in [0.1, 0.15) is 11.6 Å². The van der Waals surface area contributed by atoms with Crippen molar-refractivity contribution in [3.05, 3.63) is 39.7 Å². The van der Waals surface area contributed by atoms with Crippen LogP contribution >= 0.6 is 15.9 Å². The standard InChI is InChI=1S/C14H13BrFN3/c1-7-6-9(4-5-10(7)16)14-18-12(8-2-3-8)11(15)13(17)19-14/h4-6,8H,2-3H2,1H3,(H2,17,18,19). The maximum absolute atomic E-state index is 13.3. The summed E-state index contributed by atoms with van der Waals surface area (Å²) in [6.45, 7) is 1.73. The number of halogens is 2. The third-order valence-corrected chi connectivity index (χ3v) is 4.10. The van der Waals surface area contributed by atoms with Gasteiger partial charge < -0.3 is 5.73 Å². The molecule has 1 saturated carbocycles. The molecule has 19 heavy (non-hydrogen) atoms. The molecule has 2 N–H and O–H groups in total. The fourth-order valence-corrected chi connectivity index (χ4v) is 2.52. The van der Waals surface area contributed by atoms with E-state index in [4.69, 9.17) is 5.73 Å². The van der Waals surface area contributed by atoms with Crippen LogP contribution in [0.15, 0.2) is 22.7 Å². The highest BCUT2D eigenvalue weighted by Gasteiger charge is 2.29. The van der Waals surface area contributed by atoms with E-state index in [0.717, 1.165) is 28.6 Å². The molecule has 0 radical (unpaired) electrons. The number of rotatable bonds is 2. The van der Waals surface area contributed by atoms with Gasteiger partial charge in [-0.1, -0.05) is 0 Å². The van der Waals surface area contributed by atoms with Gasteiger partial charge in [0.2, 0.25) is 0 Å². The van der Waals surface area contributed by atoms with Crippen LogP contribution in [0.25, 0.3) is 11.4 Å². The Labute approximate surface area is 119 Å². The fourth-order valence-electron chi connectivity index (χ4n) is 2.02. The molecule has 0 amide bonds. The molecule has 3 rings (SSSR count). The number of aryl methyl sites for hydroxylation is 1. The van der Waals surface area contributed by atoms with Gasteiger partial charge in [0.05, 0.1) is 10.2 Å². The second kappa shape index (κ2) is 4.56. The topological polar surface area (TPSA) is 51.8 Å². The molecule has 0 spiro atoms. The summed E-state index contributed by atoms with van der Waals surface area (Å²) >= 11 is 3.44. The van der Waals surface area contributed by atoms with Crippen molar-refractivity contribution in [2.45, 2.75) is 25.7 Å². The third-order valence-electron chi connectivity index (χ3n) is 3.28. The summed E-state index contributed by atoms with van der Waals surface area (Å²) in [6.07, 6.45) is 2.27. The Balaban J connectivity index is 2.11. The average molecular weight is 322 g/mol. The van der Waals surface area contributed by atoms with E-state index in [1.54, 1.807) is 19.1 Å². The molecule has 0 unspecified atom stereocenters. The van der Waals surface area contributed by atoms with Crippen molar-refractivity contribution in [2.75, 3.05) is 5.73 Å². The van der Waals surface area contributed by atoms with Gasteiger partial charge in [-0.2, -0.15) is 0 Å². The van der Waals surface area contributed by atoms with E-state index in [0.29, 0.717) is 23.1 Å². The average Bonchev–Trinajstić information content (AvgIpc) is 3.20. The van der Waals surface area contributed by atoms with Gasteiger partial charge in [0.15, 0.2) is 5.82 Å². The first kappa shape index (κ1) is 12.5. The minimum Gasteiger partial charge on any atom is -0.383 e. The summed E-state index contributed by atoms with van der Waals surface area (Å²) in [7, 11) is 0. The fraction of sp³-hybridized carbons (Fsp3) is 0.286. The van der Waals surface area contributed by atoms with Crippen LogP contribution in [0.1, 0.15) is 30.0 Å². The minimum atomic E-state index is -0.226. The van der Waals surface area contributed by atoms with Crippen molar-refractivity contribution in [1.82, 2.24) is 9.97 Å². The van der Waals surface area contributed by atoms with Crippen LogP contribution in [0.3, 0.4) is 0 Å². The summed E-state index contributed by atoms with van der Waals surface area (Å²) in [5.41, 5.74) is 8.25. The quantitative estimate of drug-likeness (QED) is 0.914. The molecule has 98 valence electrons. The maximum atomic E-state index is 13.3. The van der Waals surface area contributed by atoms with Gasteiger partial charge in [-0.3, -0.25) is 0 Å². The van der Waals surface area contributed by atoms with E-state index in [1.807, 2.05) is 0 Å². The zero-order valence-corrected chi connectivity index (χ0v) is 12.0. The van der Waals surface area contributed by atoms with Crippen molar-refractivity contribution in [3.63, 3.8) is 0 Å². The Kier molecular flexibility index (Phi) is 3.01. The first-order valence-electron chi connectivity index (χ1n) is 6.15. The van der Waals surface area contributed by atoms with Gasteiger partial charge >= 0.3 is 0 Å². The molecule has 1 aliphatic carbocycles.